The number of phenolic OH excluding ortho intramolecular Hbond substituents is 2. The minimum absolute atomic E-state index is 0. The van der Waals surface area contributed by atoms with Gasteiger partial charge in [-0.2, -0.15) is 0 Å². The number of carboxylic acids is 2. The molecule has 6 rings (SSSR count). The Morgan fingerprint density at radius 1 is 0.509 bits per heavy atom. The topological polar surface area (TPSA) is 145 Å². The molecule has 9 heteroatoms. The van der Waals surface area contributed by atoms with E-state index in [1.807, 2.05) is 72.8 Å². The van der Waals surface area contributed by atoms with Crippen molar-refractivity contribution < 1.29 is 46.8 Å². The zero-order valence-electron chi connectivity index (χ0n) is 33.5. The summed E-state index contributed by atoms with van der Waals surface area (Å²) in [5.41, 5.74) is 7.89. The van der Waals surface area contributed by atoms with Crippen LogP contribution in [0.15, 0.2) is 131 Å². The first-order valence-electron chi connectivity index (χ1n) is 18.2. The van der Waals surface area contributed by atoms with E-state index in [0.29, 0.717) is 22.5 Å². The van der Waals surface area contributed by atoms with Gasteiger partial charge in [0.25, 0.3) is 0 Å². The van der Waals surface area contributed by atoms with Gasteiger partial charge < -0.3 is 30.0 Å². The van der Waals surface area contributed by atoms with E-state index in [1.54, 1.807) is 12.4 Å². The number of aliphatic imine (C=N–C) groups is 2. The van der Waals surface area contributed by atoms with Crippen molar-refractivity contribution in [1.82, 2.24) is 0 Å². The fourth-order valence-corrected chi connectivity index (χ4v) is 5.95. The maximum Gasteiger partial charge on any atom is 2.00 e. The van der Waals surface area contributed by atoms with E-state index in [0.717, 1.165) is 58.0 Å². The maximum absolute atomic E-state index is 11.5. The first-order chi connectivity index (χ1) is 26.3. The first kappa shape index (κ1) is 45.4. The van der Waals surface area contributed by atoms with Gasteiger partial charge in [0.05, 0.1) is 11.4 Å². The standard InChI is InChI=1S/C44H42N2O2.2C2H4O2.Co/c1-43(2,3)37-23-33(29-15-9-7-10-16-29)21-35(41(37)47)27-45-39-25-31-19-13-14-20-32(31)26-40(39)46-28-36-22-34(30-17-11-8-12-18-30)24-38(42(36)48)44(4,5)6;2*1-2(3)4;/h7-28,47-48H,1-6H3;2*1H3,(H,3,4);/q;;;+2/p-2. The van der Waals surface area contributed by atoms with Crippen LogP contribution in [-0.2, 0) is 37.2 Å². The normalized spacial score (nSPS) is 11.3. The number of carbonyl (C=O) groups excluding carboxylic acids is 2. The molecule has 6 aromatic rings. The third kappa shape index (κ3) is 12.7. The molecule has 0 saturated heterocycles. The second-order valence-corrected chi connectivity index (χ2v) is 15.3. The SMILES string of the molecule is CC(=O)[O-].CC(=O)[O-].CC(C)(C)c1cc(-c2ccccc2)cc(C=Nc2cc3ccccc3cc2N=Cc2cc(-c3ccccc3)cc(C(C)(C)C)c2O)c1O.[Co+2]. The van der Waals surface area contributed by atoms with Crippen molar-refractivity contribution in [3.8, 4) is 33.8 Å². The number of nitrogens with zero attached hydrogens (tertiary/aromatic N) is 2. The van der Waals surface area contributed by atoms with Crippen LogP contribution in [0.4, 0.5) is 11.4 Å². The fraction of sp³-hybridized carbons (Fsp3) is 0.208. The molecule has 0 heterocycles. The monoisotopic (exact) mass is 807 g/mol. The van der Waals surface area contributed by atoms with E-state index < -0.39 is 11.9 Å². The Hall–Kier alpha value is -6.03. The number of fused-ring (bicyclic) bond motifs is 1. The van der Waals surface area contributed by atoms with Gasteiger partial charge >= 0.3 is 16.8 Å². The van der Waals surface area contributed by atoms with Gasteiger partial charge in [-0.25, -0.2) is 0 Å². The molecule has 0 amide bonds. The Bertz CT molecular complexity index is 2200. The molecule has 1 radical (unpaired) electrons. The second-order valence-electron chi connectivity index (χ2n) is 15.3. The number of benzene rings is 6. The Morgan fingerprint density at radius 2 is 0.807 bits per heavy atom. The summed E-state index contributed by atoms with van der Waals surface area (Å²) in [5.74, 6) is -1.73. The van der Waals surface area contributed by atoms with Crippen LogP contribution >= 0.6 is 0 Å². The number of rotatable bonds is 6. The van der Waals surface area contributed by atoms with E-state index in [2.05, 4.69) is 90.1 Å². The largest absolute Gasteiger partial charge is 2.00 e. The summed E-state index contributed by atoms with van der Waals surface area (Å²) >= 11 is 0. The molecule has 0 atom stereocenters. The molecule has 8 nitrogen and oxygen atoms in total. The molecule has 6 aromatic carbocycles. The third-order valence-corrected chi connectivity index (χ3v) is 8.64. The minimum atomic E-state index is -1.08. The van der Waals surface area contributed by atoms with Crippen LogP contribution in [0.2, 0.25) is 0 Å². The number of carboxylic acid groups (broad SMARTS) is 2. The van der Waals surface area contributed by atoms with Gasteiger partial charge in [0.1, 0.15) is 11.5 Å². The number of aromatic hydroxyl groups is 2. The quantitative estimate of drug-likeness (QED) is 0.161. The number of hydrogen-bond donors (Lipinski definition) is 2. The van der Waals surface area contributed by atoms with Crippen molar-refractivity contribution in [1.29, 1.82) is 0 Å². The minimum Gasteiger partial charge on any atom is -0.550 e. The second kappa shape index (κ2) is 19.7. The Balaban J connectivity index is 0.000000885. The average Bonchev–Trinajstić information content (AvgIpc) is 3.13. The molecular weight excluding hydrogens is 759 g/mol. The maximum atomic E-state index is 11.5. The molecule has 57 heavy (non-hydrogen) atoms. The molecule has 0 saturated carbocycles. The molecule has 0 fully saturated rings. The van der Waals surface area contributed by atoms with E-state index in [9.17, 15) is 10.2 Å². The predicted molar refractivity (Wildman–Crippen MR) is 224 cm³/mol. The van der Waals surface area contributed by atoms with Crippen LogP contribution in [-0.4, -0.2) is 34.6 Å². The Labute approximate surface area is 345 Å². The van der Waals surface area contributed by atoms with Crippen molar-refractivity contribution >= 4 is 46.5 Å². The summed E-state index contributed by atoms with van der Waals surface area (Å²) in [4.78, 5) is 27.7. The van der Waals surface area contributed by atoms with E-state index in [1.165, 1.54) is 0 Å². The predicted octanol–water partition coefficient (Wildman–Crippen LogP) is 9.19. The van der Waals surface area contributed by atoms with Crippen LogP contribution in [0.5, 0.6) is 11.5 Å². The third-order valence-electron chi connectivity index (χ3n) is 8.64. The summed E-state index contributed by atoms with van der Waals surface area (Å²) in [5, 5.41) is 42.8. The van der Waals surface area contributed by atoms with Gasteiger partial charge in [0, 0.05) is 46.6 Å². The van der Waals surface area contributed by atoms with Gasteiger partial charge in [-0.05, 0) is 94.1 Å². The summed E-state index contributed by atoms with van der Waals surface area (Å²) in [6, 6.07) is 40.6. The van der Waals surface area contributed by atoms with Crippen molar-refractivity contribution in [3.05, 3.63) is 144 Å². The van der Waals surface area contributed by atoms with Gasteiger partial charge in [-0.3, -0.25) is 9.98 Å². The molecule has 0 aliphatic heterocycles. The fourth-order valence-electron chi connectivity index (χ4n) is 5.95. The number of aliphatic carboxylic acids is 2. The average molecular weight is 808 g/mol. The van der Waals surface area contributed by atoms with Crippen molar-refractivity contribution in [2.45, 2.75) is 66.2 Å². The molecule has 0 unspecified atom stereocenters. The van der Waals surface area contributed by atoms with Crippen LogP contribution in [0.3, 0.4) is 0 Å². The summed E-state index contributed by atoms with van der Waals surface area (Å²) in [6.07, 6.45) is 3.46. The number of hydrogen-bond acceptors (Lipinski definition) is 8. The smallest absolute Gasteiger partial charge is 0.550 e. The molecule has 0 spiro atoms. The van der Waals surface area contributed by atoms with Crippen LogP contribution < -0.4 is 10.2 Å². The molecule has 0 bridgehead atoms. The van der Waals surface area contributed by atoms with Crippen LogP contribution in [0, 0.1) is 0 Å². The van der Waals surface area contributed by atoms with Crippen molar-refractivity contribution in [2.24, 2.45) is 9.98 Å². The van der Waals surface area contributed by atoms with Gasteiger partial charge in [-0.15, -0.1) is 0 Å². The molecule has 0 aliphatic carbocycles. The number of phenols is 2. The summed E-state index contributed by atoms with van der Waals surface area (Å²) < 4.78 is 0. The van der Waals surface area contributed by atoms with Crippen molar-refractivity contribution in [3.63, 3.8) is 0 Å². The van der Waals surface area contributed by atoms with Crippen molar-refractivity contribution in [2.75, 3.05) is 0 Å². The number of carbonyl (C=O) groups is 2. The van der Waals surface area contributed by atoms with Gasteiger partial charge in [0.15, 0.2) is 0 Å². The van der Waals surface area contributed by atoms with Gasteiger partial charge in [-0.1, -0.05) is 126 Å². The zero-order chi connectivity index (χ0) is 41.2. The van der Waals surface area contributed by atoms with E-state index in [-0.39, 0.29) is 39.1 Å². The first-order valence-corrected chi connectivity index (χ1v) is 18.2. The van der Waals surface area contributed by atoms with Crippen LogP contribution in [0.1, 0.15) is 77.6 Å². The Kier molecular flexibility index (Phi) is 15.7. The molecule has 295 valence electrons. The summed E-state index contributed by atoms with van der Waals surface area (Å²) in [6.45, 7) is 14.5. The molecule has 2 N–H and O–H groups in total. The summed E-state index contributed by atoms with van der Waals surface area (Å²) in [7, 11) is 0. The Morgan fingerprint density at radius 3 is 1.11 bits per heavy atom. The zero-order valence-corrected chi connectivity index (χ0v) is 34.5. The molecule has 0 aliphatic rings. The van der Waals surface area contributed by atoms with Crippen LogP contribution in [0.25, 0.3) is 33.0 Å². The molecule has 0 aromatic heterocycles. The molecular formula is C48H48CoN2O6. The van der Waals surface area contributed by atoms with Gasteiger partial charge in [0.2, 0.25) is 0 Å². The van der Waals surface area contributed by atoms with E-state index >= 15 is 0 Å². The van der Waals surface area contributed by atoms with E-state index in [4.69, 9.17) is 29.8 Å².